The lowest BCUT2D eigenvalue weighted by atomic mass is 9.74. The molecule has 0 radical (unpaired) electrons. The molecule has 1 saturated heterocycles. The molecule has 2 N–H and O–H groups in total. The van der Waals surface area contributed by atoms with Crippen LogP contribution in [0.2, 0.25) is 0 Å². The predicted octanol–water partition coefficient (Wildman–Crippen LogP) is 3.03. The minimum Gasteiger partial charge on any atom is -0.349 e. The van der Waals surface area contributed by atoms with Gasteiger partial charge in [0.05, 0.1) is 11.5 Å². The van der Waals surface area contributed by atoms with Gasteiger partial charge in [-0.2, -0.15) is 0 Å². The first-order chi connectivity index (χ1) is 9.68. The van der Waals surface area contributed by atoms with Crippen molar-refractivity contribution in [3.05, 3.63) is 35.9 Å². The van der Waals surface area contributed by atoms with E-state index in [1.54, 1.807) is 0 Å². The van der Waals surface area contributed by atoms with E-state index >= 15 is 0 Å². The van der Waals surface area contributed by atoms with Crippen molar-refractivity contribution in [2.75, 3.05) is 13.1 Å². The van der Waals surface area contributed by atoms with E-state index in [4.69, 9.17) is 0 Å². The number of benzene rings is 1. The van der Waals surface area contributed by atoms with Crippen LogP contribution < -0.4 is 10.6 Å². The summed E-state index contributed by atoms with van der Waals surface area (Å²) in [7, 11) is 0. The van der Waals surface area contributed by atoms with Gasteiger partial charge in [0, 0.05) is 0 Å². The van der Waals surface area contributed by atoms with E-state index in [1.165, 1.54) is 5.56 Å². The number of carbonyl (C=O) groups is 1. The van der Waals surface area contributed by atoms with Crippen molar-refractivity contribution in [3.63, 3.8) is 0 Å². The van der Waals surface area contributed by atoms with Crippen molar-refractivity contribution < 1.29 is 4.79 Å². The molecule has 2 rings (SSSR count). The van der Waals surface area contributed by atoms with Crippen LogP contribution in [0.5, 0.6) is 0 Å². The lowest BCUT2D eigenvalue weighted by Gasteiger charge is -2.37. The topological polar surface area (TPSA) is 41.1 Å². The molecular formula is C17H26N2O. The van der Waals surface area contributed by atoms with Gasteiger partial charge in [0.15, 0.2) is 0 Å². The van der Waals surface area contributed by atoms with Crippen molar-refractivity contribution in [3.8, 4) is 0 Å². The number of carbonyl (C=O) groups excluding carboxylic acids is 1. The molecule has 0 spiro atoms. The number of amides is 1. The Morgan fingerprint density at radius 1 is 1.30 bits per heavy atom. The average Bonchev–Trinajstić information content (AvgIpc) is 2.49. The minimum atomic E-state index is -0.164. The Balaban J connectivity index is 2.05. The summed E-state index contributed by atoms with van der Waals surface area (Å²) in [4.78, 5) is 12.8. The summed E-state index contributed by atoms with van der Waals surface area (Å²) in [5.74, 6) is 0.234. The summed E-state index contributed by atoms with van der Waals surface area (Å²) in [6.07, 6.45) is 3.96. The standard InChI is InChI=1S/C17H26N2O/c1-3-9-17(10-12-18-13-11-17)16(20)19-14(2)15-7-5-4-6-8-15/h4-8,14,18H,3,9-13H2,1-2H3,(H,19,20)/t14-/m0/s1. The van der Waals surface area contributed by atoms with Crippen molar-refractivity contribution in [2.24, 2.45) is 5.41 Å². The van der Waals surface area contributed by atoms with Gasteiger partial charge < -0.3 is 10.6 Å². The molecule has 0 saturated carbocycles. The van der Waals surface area contributed by atoms with E-state index in [2.05, 4.69) is 36.6 Å². The van der Waals surface area contributed by atoms with Gasteiger partial charge in [-0.1, -0.05) is 43.7 Å². The van der Waals surface area contributed by atoms with Gasteiger partial charge in [-0.3, -0.25) is 4.79 Å². The Bertz CT molecular complexity index is 418. The van der Waals surface area contributed by atoms with Crippen LogP contribution in [-0.2, 0) is 4.79 Å². The molecule has 0 bridgehead atoms. The van der Waals surface area contributed by atoms with Gasteiger partial charge in [-0.25, -0.2) is 0 Å². The van der Waals surface area contributed by atoms with Crippen LogP contribution in [0, 0.1) is 5.41 Å². The molecular weight excluding hydrogens is 248 g/mol. The molecule has 0 unspecified atom stereocenters. The third-order valence-electron chi connectivity index (χ3n) is 4.42. The van der Waals surface area contributed by atoms with Crippen LogP contribution in [0.25, 0.3) is 0 Å². The molecule has 1 heterocycles. The first-order valence-corrected chi connectivity index (χ1v) is 7.74. The molecule has 3 nitrogen and oxygen atoms in total. The second-order valence-corrected chi connectivity index (χ2v) is 5.89. The third-order valence-corrected chi connectivity index (χ3v) is 4.42. The molecule has 1 aliphatic heterocycles. The van der Waals surface area contributed by atoms with Gasteiger partial charge in [0.2, 0.25) is 5.91 Å². The number of nitrogens with one attached hydrogen (secondary N) is 2. The first kappa shape index (κ1) is 15.0. The molecule has 1 atom stereocenters. The molecule has 1 aliphatic rings. The van der Waals surface area contributed by atoms with Crippen LogP contribution in [0.1, 0.15) is 51.1 Å². The molecule has 1 amide bonds. The first-order valence-electron chi connectivity index (χ1n) is 7.74. The van der Waals surface area contributed by atoms with Crippen LogP contribution in [-0.4, -0.2) is 19.0 Å². The Morgan fingerprint density at radius 3 is 2.55 bits per heavy atom. The molecule has 0 aromatic heterocycles. The van der Waals surface area contributed by atoms with E-state index in [0.29, 0.717) is 0 Å². The molecule has 1 fully saturated rings. The minimum absolute atomic E-state index is 0.0762. The van der Waals surface area contributed by atoms with Gasteiger partial charge in [0.1, 0.15) is 0 Å². The smallest absolute Gasteiger partial charge is 0.226 e. The van der Waals surface area contributed by atoms with Crippen LogP contribution >= 0.6 is 0 Å². The fourth-order valence-corrected chi connectivity index (χ4v) is 3.15. The molecule has 20 heavy (non-hydrogen) atoms. The lowest BCUT2D eigenvalue weighted by molar-refractivity contribution is -0.133. The van der Waals surface area contributed by atoms with E-state index in [1.807, 2.05) is 18.2 Å². The maximum atomic E-state index is 12.8. The molecule has 1 aromatic rings. The van der Waals surface area contributed by atoms with E-state index in [-0.39, 0.29) is 17.4 Å². The predicted molar refractivity (Wildman–Crippen MR) is 82.4 cm³/mol. The highest BCUT2D eigenvalue weighted by atomic mass is 16.2. The number of rotatable bonds is 5. The zero-order valence-electron chi connectivity index (χ0n) is 12.6. The summed E-state index contributed by atoms with van der Waals surface area (Å²) in [6.45, 7) is 6.13. The Kier molecular flexibility index (Phi) is 5.18. The molecule has 1 aromatic carbocycles. The monoisotopic (exact) mass is 274 g/mol. The summed E-state index contributed by atoms with van der Waals surface area (Å²) >= 11 is 0. The molecule has 110 valence electrons. The maximum absolute atomic E-state index is 12.8. The van der Waals surface area contributed by atoms with E-state index in [0.717, 1.165) is 38.8 Å². The molecule has 0 aliphatic carbocycles. The summed E-state index contributed by atoms with van der Waals surface area (Å²) in [5, 5.41) is 6.58. The quantitative estimate of drug-likeness (QED) is 0.866. The SMILES string of the molecule is CCCC1(C(=O)N[C@@H](C)c2ccccc2)CCNCC1. The van der Waals surface area contributed by atoms with Gasteiger partial charge in [0.25, 0.3) is 0 Å². The average molecular weight is 274 g/mol. The van der Waals surface area contributed by atoms with Gasteiger partial charge >= 0.3 is 0 Å². The zero-order valence-corrected chi connectivity index (χ0v) is 12.6. The van der Waals surface area contributed by atoms with Crippen molar-refractivity contribution in [1.29, 1.82) is 0 Å². The second-order valence-electron chi connectivity index (χ2n) is 5.89. The Labute approximate surface area is 122 Å². The maximum Gasteiger partial charge on any atom is 0.226 e. The zero-order chi connectivity index (χ0) is 14.4. The van der Waals surface area contributed by atoms with E-state index < -0.39 is 0 Å². The number of hydrogen-bond acceptors (Lipinski definition) is 2. The fourth-order valence-electron chi connectivity index (χ4n) is 3.15. The summed E-state index contributed by atoms with van der Waals surface area (Å²) in [5.41, 5.74) is 1.00. The van der Waals surface area contributed by atoms with Gasteiger partial charge in [-0.15, -0.1) is 0 Å². The molecule has 3 heteroatoms. The highest BCUT2D eigenvalue weighted by Crippen LogP contribution is 2.35. The van der Waals surface area contributed by atoms with Crippen LogP contribution in [0.15, 0.2) is 30.3 Å². The largest absolute Gasteiger partial charge is 0.349 e. The van der Waals surface area contributed by atoms with Crippen molar-refractivity contribution in [2.45, 2.75) is 45.6 Å². The second kappa shape index (κ2) is 6.89. The highest BCUT2D eigenvalue weighted by Gasteiger charge is 2.38. The van der Waals surface area contributed by atoms with Crippen LogP contribution in [0.3, 0.4) is 0 Å². The van der Waals surface area contributed by atoms with Crippen molar-refractivity contribution >= 4 is 5.91 Å². The third kappa shape index (κ3) is 3.40. The van der Waals surface area contributed by atoms with Gasteiger partial charge in [-0.05, 0) is 44.8 Å². The lowest BCUT2D eigenvalue weighted by Crippen LogP contribution is -2.48. The van der Waals surface area contributed by atoms with Crippen molar-refractivity contribution in [1.82, 2.24) is 10.6 Å². The number of hydrogen-bond donors (Lipinski definition) is 2. The Hall–Kier alpha value is -1.35. The summed E-state index contributed by atoms with van der Waals surface area (Å²) in [6, 6.07) is 10.3. The van der Waals surface area contributed by atoms with E-state index in [9.17, 15) is 4.79 Å². The summed E-state index contributed by atoms with van der Waals surface area (Å²) < 4.78 is 0. The number of piperidine rings is 1. The highest BCUT2D eigenvalue weighted by molar-refractivity contribution is 5.83. The Morgan fingerprint density at radius 2 is 1.95 bits per heavy atom. The normalized spacial score (nSPS) is 19.3. The fraction of sp³-hybridized carbons (Fsp3) is 0.588. The van der Waals surface area contributed by atoms with Crippen LogP contribution in [0.4, 0.5) is 0 Å².